The first-order chi connectivity index (χ1) is 15.3. The molecule has 0 unspecified atom stereocenters. The van der Waals surface area contributed by atoms with Gasteiger partial charge in [0.1, 0.15) is 0 Å². The van der Waals surface area contributed by atoms with Crippen LogP contribution in [0.5, 0.6) is 0 Å². The smallest absolute Gasteiger partial charge is 0.208 e. The van der Waals surface area contributed by atoms with E-state index in [-0.39, 0.29) is 5.28 Å². The molecule has 0 saturated heterocycles. The molecule has 5 aromatic rings. The summed E-state index contributed by atoms with van der Waals surface area (Å²) in [4.78, 5) is 13.2. The molecule has 0 N–H and O–H groups in total. The number of aromatic nitrogens is 3. The molecule has 0 radical (unpaired) electrons. The summed E-state index contributed by atoms with van der Waals surface area (Å²) in [5, 5.41) is 0.184. The number of benzene rings is 4. The highest BCUT2D eigenvalue weighted by molar-refractivity contribution is 6.28. The largest absolute Gasteiger partial charge is 0.226 e. The normalized spacial score (nSPS) is 10.7. The molecule has 0 atom stereocenters. The Kier molecular flexibility index (Phi) is 5.26. The quantitative estimate of drug-likeness (QED) is 0.309. The summed E-state index contributed by atoms with van der Waals surface area (Å²) in [7, 11) is 0. The van der Waals surface area contributed by atoms with Gasteiger partial charge in [0.2, 0.25) is 5.28 Å². The van der Waals surface area contributed by atoms with Crippen molar-refractivity contribution in [1.82, 2.24) is 15.0 Å². The standard InChI is InChI=1S/C27H18ClN3/c28-27-30-25(21-10-5-2-6-11-21)29-26(31-27)22-16-14-20(15-17-22)24-13-7-12-23(18-24)19-8-3-1-4-9-19/h1-18H. The lowest BCUT2D eigenvalue weighted by atomic mass is 9.98. The van der Waals surface area contributed by atoms with E-state index in [1.807, 2.05) is 48.5 Å². The van der Waals surface area contributed by atoms with Crippen LogP contribution in [-0.4, -0.2) is 15.0 Å². The van der Waals surface area contributed by atoms with Gasteiger partial charge in [-0.1, -0.05) is 103 Å². The van der Waals surface area contributed by atoms with Gasteiger partial charge in [-0.15, -0.1) is 0 Å². The molecule has 31 heavy (non-hydrogen) atoms. The number of nitrogens with zero attached hydrogens (tertiary/aromatic N) is 3. The molecule has 1 heterocycles. The molecule has 0 amide bonds. The monoisotopic (exact) mass is 419 g/mol. The van der Waals surface area contributed by atoms with Crippen LogP contribution < -0.4 is 0 Å². The molecule has 0 aliphatic rings. The lowest BCUT2D eigenvalue weighted by molar-refractivity contribution is 1.07. The Hall–Kier alpha value is -3.82. The molecule has 0 aliphatic heterocycles. The fourth-order valence-electron chi connectivity index (χ4n) is 3.52. The molecule has 4 aromatic carbocycles. The van der Waals surface area contributed by atoms with Crippen molar-refractivity contribution in [2.45, 2.75) is 0 Å². The summed E-state index contributed by atoms with van der Waals surface area (Å²) in [6.07, 6.45) is 0. The summed E-state index contributed by atoms with van der Waals surface area (Å²) >= 11 is 6.19. The van der Waals surface area contributed by atoms with E-state index in [1.54, 1.807) is 0 Å². The predicted octanol–water partition coefficient (Wildman–Crippen LogP) is 7.19. The molecular weight excluding hydrogens is 402 g/mol. The third-order valence-electron chi connectivity index (χ3n) is 5.09. The Morgan fingerprint density at radius 3 is 1.39 bits per heavy atom. The van der Waals surface area contributed by atoms with E-state index in [0.29, 0.717) is 11.6 Å². The lowest BCUT2D eigenvalue weighted by Gasteiger charge is -2.08. The first kappa shape index (κ1) is 19.2. The van der Waals surface area contributed by atoms with E-state index in [1.165, 1.54) is 11.1 Å². The fourth-order valence-corrected chi connectivity index (χ4v) is 3.68. The molecule has 5 rings (SSSR count). The summed E-state index contributed by atoms with van der Waals surface area (Å²) in [5.74, 6) is 1.12. The summed E-state index contributed by atoms with van der Waals surface area (Å²) in [6.45, 7) is 0. The van der Waals surface area contributed by atoms with Crippen molar-refractivity contribution < 1.29 is 0 Å². The molecule has 1 aromatic heterocycles. The van der Waals surface area contributed by atoms with Crippen LogP contribution >= 0.6 is 11.6 Å². The lowest BCUT2D eigenvalue weighted by Crippen LogP contribution is -1.97. The molecule has 3 nitrogen and oxygen atoms in total. The van der Waals surface area contributed by atoms with Crippen molar-refractivity contribution in [1.29, 1.82) is 0 Å². The predicted molar refractivity (Wildman–Crippen MR) is 127 cm³/mol. The van der Waals surface area contributed by atoms with Crippen LogP contribution in [0.4, 0.5) is 0 Å². The molecule has 0 aliphatic carbocycles. The number of rotatable bonds is 4. The highest BCUT2D eigenvalue weighted by Gasteiger charge is 2.10. The number of hydrogen-bond acceptors (Lipinski definition) is 3. The van der Waals surface area contributed by atoms with Crippen molar-refractivity contribution in [3.63, 3.8) is 0 Å². The summed E-state index contributed by atoms with van der Waals surface area (Å²) in [6, 6.07) is 36.9. The minimum Gasteiger partial charge on any atom is -0.208 e. The Balaban J connectivity index is 1.47. The average molecular weight is 420 g/mol. The van der Waals surface area contributed by atoms with E-state index < -0.39 is 0 Å². The Morgan fingerprint density at radius 2 is 0.806 bits per heavy atom. The Labute approximate surface area is 186 Å². The van der Waals surface area contributed by atoms with Crippen molar-refractivity contribution in [2.24, 2.45) is 0 Å². The van der Waals surface area contributed by atoms with Crippen LogP contribution in [0.1, 0.15) is 0 Å². The van der Waals surface area contributed by atoms with Gasteiger partial charge in [-0.2, -0.15) is 9.97 Å². The highest BCUT2D eigenvalue weighted by atomic mass is 35.5. The van der Waals surface area contributed by atoms with Gasteiger partial charge in [0.05, 0.1) is 0 Å². The third-order valence-corrected chi connectivity index (χ3v) is 5.26. The van der Waals surface area contributed by atoms with E-state index in [2.05, 4.69) is 75.6 Å². The summed E-state index contributed by atoms with van der Waals surface area (Å²) < 4.78 is 0. The zero-order chi connectivity index (χ0) is 21.0. The van der Waals surface area contributed by atoms with Gasteiger partial charge in [0.15, 0.2) is 11.6 Å². The van der Waals surface area contributed by atoms with Crippen LogP contribution in [0, 0.1) is 0 Å². The van der Waals surface area contributed by atoms with E-state index in [4.69, 9.17) is 11.6 Å². The van der Waals surface area contributed by atoms with Gasteiger partial charge >= 0.3 is 0 Å². The van der Waals surface area contributed by atoms with Gasteiger partial charge in [0.25, 0.3) is 0 Å². The van der Waals surface area contributed by atoms with Gasteiger partial charge in [0, 0.05) is 11.1 Å². The van der Waals surface area contributed by atoms with Crippen LogP contribution in [-0.2, 0) is 0 Å². The Morgan fingerprint density at radius 1 is 0.387 bits per heavy atom. The van der Waals surface area contributed by atoms with Crippen molar-refractivity contribution in [3.05, 3.63) is 114 Å². The van der Waals surface area contributed by atoms with Gasteiger partial charge in [-0.25, -0.2) is 4.98 Å². The molecule has 0 spiro atoms. The average Bonchev–Trinajstić information content (AvgIpc) is 2.85. The SMILES string of the molecule is Clc1nc(-c2ccccc2)nc(-c2ccc(-c3cccc(-c4ccccc4)c3)cc2)n1. The molecule has 0 saturated carbocycles. The first-order valence-electron chi connectivity index (χ1n) is 9.99. The van der Waals surface area contributed by atoms with Crippen LogP contribution in [0.25, 0.3) is 45.0 Å². The minimum atomic E-state index is 0.184. The second-order valence-corrected chi connectivity index (χ2v) is 7.48. The minimum absolute atomic E-state index is 0.184. The maximum absolute atomic E-state index is 6.19. The zero-order valence-corrected chi connectivity index (χ0v) is 17.4. The molecule has 0 bridgehead atoms. The number of halogens is 1. The van der Waals surface area contributed by atoms with Gasteiger partial charge < -0.3 is 0 Å². The summed E-state index contributed by atoms with van der Waals surface area (Å²) in [5.41, 5.74) is 6.48. The highest BCUT2D eigenvalue weighted by Crippen LogP contribution is 2.28. The Bertz CT molecular complexity index is 1320. The molecular formula is C27H18ClN3. The van der Waals surface area contributed by atoms with E-state index >= 15 is 0 Å². The van der Waals surface area contributed by atoms with Crippen LogP contribution in [0.2, 0.25) is 5.28 Å². The number of hydrogen-bond donors (Lipinski definition) is 0. The topological polar surface area (TPSA) is 38.7 Å². The van der Waals surface area contributed by atoms with Crippen LogP contribution in [0.15, 0.2) is 109 Å². The van der Waals surface area contributed by atoms with E-state index in [9.17, 15) is 0 Å². The maximum Gasteiger partial charge on any atom is 0.226 e. The molecule has 0 fully saturated rings. The third kappa shape index (κ3) is 4.23. The molecule has 4 heteroatoms. The molecule has 148 valence electrons. The first-order valence-corrected chi connectivity index (χ1v) is 10.4. The second-order valence-electron chi connectivity index (χ2n) is 7.14. The van der Waals surface area contributed by atoms with Crippen molar-refractivity contribution >= 4 is 11.6 Å². The van der Waals surface area contributed by atoms with Gasteiger partial charge in [-0.05, 0) is 39.9 Å². The van der Waals surface area contributed by atoms with Crippen molar-refractivity contribution in [3.8, 4) is 45.0 Å². The van der Waals surface area contributed by atoms with Crippen molar-refractivity contribution in [2.75, 3.05) is 0 Å². The zero-order valence-electron chi connectivity index (χ0n) is 16.6. The van der Waals surface area contributed by atoms with Crippen LogP contribution in [0.3, 0.4) is 0 Å². The van der Waals surface area contributed by atoms with E-state index in [0.717, 1.165) is 22.3 Å². The maximum atomic E-state index is 6.19. The van der Waals surface area contributed by atoms with Gasteiger partial charge in [-0.3, -0.25) is 0 Å². The second kappa shape index (κ2) is 8.50. The fraction of sp³-hybridized carbons (Fsp3) is 0.